The van der Waals surface area contributed by atoms with Gasteiger partial charge in [-0.3, -0.25) is 14.9 Å². The first kappa shape index (κ1) is 26.6. The number of nitrogens with zero attached hydrogens (tertiary/aromatic N) is 3. The molecule has 0 unspecified atom stereocenters. The van der Waals surface area contributed by atoms with E-state index in [0.717, 1.165) is 16.5 Å². The highest BCUT2D eigenvalue weighted by Gasteiger charge is 2.18. The largest absolute Gasteiger partial charge is 0.496 e. The van der Waals surface area contributed by atoms with E-state index < -0.39 is 11.0 Å². The van der Waals surface area contributed by atoms with Crippen LogP contribution in [0.4, 0.5) is 10.5 Å². The molecule has 0 saturated carbocycles. The highest BCUT2D eigenvalue weighted by Crippen LogP contribution is 2.33. The second-order valence-corrected chi connectivity index (χ2v) is 8.96. The summed E-state index contributed by atoms with van der Waals surface area (Å²) < 4.78 is 10.5. The Bertz CT molecular complexity index is 1560. The molecular weight excluding hydrogens is 512 g/mol. The van der Waals surface area contributed by atoms with E-state index in [9.17, 15) is 19.7 Å². The third-order valence-corrected chi connectivity index (χ3v) is 6.50. The fraction of sp³-hybridized carbons (Fsp3) is 0.222. The number of methoxy groups -OCH3 is 1. The predicted molar refractivity (Wildman–Crippen MR) is 144 cm³/mol. The molecule has 10 nitrogen and oxygen atoms in total. The number of hydrogen-bond donors (Lipinski definition) is 1. The molecule has 0 aliphatic heterocycles. The Balaban J connectivity index is 1.38. The topological polar surface area (TPSA) is 124 Å². The molecule has 196 valence electrons. The maximum Gasteiger partial charge on any atom is 0.409 e. The van der Waals surface area contributed by atoms with Crippen molar-refractivity contribution in [1.29, 1.82) is 0 Å². The van der Waals surface area contributed by atoms with Crippen LogP contribution in [0.1, 0.15) is 21.5 Å². The van der Waals surface area contributed by atoms with Gasteiger partial charge in [0.2, 0.25) is 0 Å². The van der Waals surface area contributed by atoms with Gasteiger partial charge in [-0.25, -0.2) is 9.78 Å². The van der Waals surface area contributed by atoms with Gasteiger partial charge in [0.1, 0.15) is 12.4 Å². The molecule has 2 amide bonds. The van der Waals surface area contributed by atoms with Crippen LogP contribution in [-0.2, 0) is 11.3 Å². The number of likely N-dealkylation sites (N-methyl/N-ethyl adjacent to an activating group) is 1. The van der Waals surface area contributed by atoms with E-state index in [1.165, 1.54) is 37.3 Å². The van der Waals surface area contributed by atoms with E-state index in [-0.39, 0.29) is 37.0 Å². The number of fused-ring (bicyclic) bond motifs is 2. The number of nitro benzene ring substituents is 1. The minimum atomic E-state index is -0.625. The number of carbonyl (C=O) groups excluding carboxylic acids is 2. The van der Waals surface area contributed by atoms with E-state index >= 15 is 0 Å². The molecule has 0 atom stereocenters. The number of nitrogens with one attached hydrogen (secondary N) is 1. The Kier molecular flexibility index (Phi) is 7.92. The summed E-state index contributed by atoms with van der Waals surface area (Å²) in [5, 5.41) is 15.8. The van der Waals surface area contributed by atoms with E-state index in [1.807, 2.05) is 31.2 Å². The number of benzene rings is 3. The molecule has 0 aliphatic carbocycles. The molecule has 1 aromatic heterocycles. The van der Waals surface area contributed by atoms with Crippen molar-refractivity contribution >= 4 is 51.1 Å². The number of amides is 2. The van der Waals surface area contributed by atoms with Crippen molar-refractivity contribution in [3.63, 3.8) is 0 Å². The fourth-order valence-electron chi connectivity index (χ4n) is 4.01. The first-order valence-corrected chi connectivity index (χ1v) is 12.0. The van der Waals surface area contributed by atoms with Crippen LogP contribution in [0.5, 0.6) is 5.75 Å². The van der Waals surface area contributed by atoms with Crippen molar-refractivity contribution in [2.45, 2.75) is 13.5 Å². The number of hydrogen-bond acceptors (Lipinski definition) is 7. The summed E-state index contributed by atoms with van der Waals surface area (Å²) in [4.78, 5) is 41.9. The van der Waals surface area contributed by atoms with Crippen molar-refractivity contribution in [3.05, 3.63) is 86.4 Å². The average Bonchev–Trinajstić information content (AvgIpc) is 2.91. The Morgan fingerprint density at radius 2 is 1.82 bits per heavy atom. The number of para-hydroxylation sites is 2. The maximum atomic E-state index is 13.0. The van der Waals surface area contributed by atoms with Crippen molar-refractivity contribution in [1.82, 2.24) is 15.2 Å². The Morgan fingerprint density at radius 1 is 1.11 bits per heavy atom. The number of nitro groups is 1. The van der Waals surface area contributed by atoms with Gasteiger partial charge in [0, 0.05) is 42.5 Å². The molecule has 0 aliphatic rings. The summed E-state index contributed by atoms with van der Waals surface area (Å²) in [6.45, 7) is 2.16. The van der Waals surface area contributed by atoms with Crippen LogP contribution < -0.4 is 10.1 Å². The van der Waals surface area contributed by atoms with Crippen molar-refractivity contribution < 1.29 is 24.0 Å². The van der Waals surface area contributed by atoms with Gasteiger partial charge in [0.25, 0.3) is 11.6 Å². The lowest BCUT2D eigenvalue weighted by molar-refractivity contribution is -0.384. The van der Waals surface area contributed by atoms with Gasteiger partial charge in [0.15, 0.2) is 0 Å². The fourth-order valence-corrected chi connectivity index (χ4v) is 4.31. The monoisotopic (exact) mass is 536 g/mol. The molecule has 3 aromatic carbocycles. The molecular formula is C27H25ClN4O6. The number of carbonyl (C=O) groups is 2. The standard InChI is InChI=1S/C27H25ClN4O6/c1-16-6-4-7-19-23(28)20-8-5-9-21(25(20)30-24(16)19)26(33)29-12-13-31(2)27(34)38-15-17-10-11-18(32(35)36)14-22(17)37-3/h4-11,14H,12-13,15H2,1-3H3,(H,29,33). The molecule has 4 aromatic rings. The number of rotatable bonds is 8. The third-order valence-electron chi connectivity index (χ3n) is 6.09. The summed E-state index contributed by atoms with van der Waals surface area (Å²) in [5.74, 6) is -0.0989. The van der Waals surface area contributed by atoms with E-state index in [1.54, 1.807) is 12.1 Å². The quantitative estimate of drug-likeness (QED) is 0.185. The van der Waals surface area contributed by atoms with Gasteiger partial charge in [-0.2, -0.15) is 0 Å². The first-order chi connectivity index (χ1) is 18.2. The molecule has 1 heterocycles. The molecule has 0 saturated heterocycles. The van der Waals surface area contributed by atoms with Crippen LogP contribution in [0.3, 0.4) is 0 Å². The molecule has 0 spiro atoms. The summed E-state index contributed by atoms with van der Waals surface area (Å²) in [6, 6.07) is 15.1. The van der Waals surface area contributed by atoms with Crippen molar-refractivity contribution in [2.75, 3.05) is 27.2 Å². The first-order valence-electron chi connectivity index (χ1n) is 11.7. The van der Waals surface area contributed by atoms with Crippen molar-refractivity contribution in [3.8, 4) is 5.75 Å². The Labute approximate surface area is 223 Å². The normalized spacial score (nSPS) is 10.8. The summed E-state index contributed by atoms with van der Waals surface area (Å²) in [5.41, 5.74) is 2.92. The van der Waals surface area contributed by atoms with Crippen LogP contribution in [0, 0.1) is 17.0 Å². The van der Waals surface area contributed by atoms with Crippen molar-refractivity contribution in [2.24, 2.45) is 0 Å². The zero-order valence-electron chi connectivity index (χ0n) is 21.0. The molecule has 0 fully saturated rings. The summed E-state index contributed by atoms with van der Waals surface area (Å²) in [7, 11) is 2.91. The number of aryl methyl sites for hydroxylation is 1. The second kappa shape index (κ2) is 11.3. The summed E-state index contributed by atoms with van der Waals surface area (Å²) >= 11 is 6.65. The highest BCUT2D eigenvalue weighted by molar-refractivity contribution is 6.40. The lowest BCUT2D eigenvalue weighted by Gasteiger charge is -2.18. The maximum absolute atomic E-state index is 13.0. The van der Waals surface area contributed by atoms with E-state index in [2.05, 4.69) is 5.32 Å². The predicted octanol–water partition coefficient (Wildman–Crippen LogP) is 5.27. The van der Waals surface area contributed by atoms with Gasteiger partial charge in [-0.05, 0) is 24.6 Å². The van der Waals surface area contributed by atoms with Crippen LogP contribution in [0.25, 0.3) is 21.8 Å². The van der Waals surface area contributed by atoms with E-state index in [4.69, 9.17) is 26.1 Å². The zero-order chi connectivity index (χ0) is 27.4. The zero-order valence-corrected chi connectivity index (χ0v) is 21.7. The minimum Gasteiger partial charge on any atom is -0.496 e. The smallest absolute Gasteiger partial charge is 0.409 e. The molecule has 11 heteroatoms. The van der Waals surface area contributed by atoms with Gasteiger partial charge in [-0.1, -0.05) is 41.9 Å². The van der Waals surface area contributed by atoms with E-state index in [0.29, 0.717) is 27.1 Å². The molecule has 1 N–H and O–H groups in total. The lowest BCUT2D eigenvalue weighted by atomic mass is 10.0. The number of ether oxygens (including phenoxy) is 2. The van der Waals surface area contributed by atoms with Gasteiger partial charge >= 0.3 is 6.09 Å². The second-order valence-electron chi connectivity index (χ2n) is 8.58. The summed E-state index contributed by atoms with van der Waals surface area (Å²) in [6.07, 6.45) is -0.625. The molecule has 0 radical (unpaired) electrons. The van der Waals surface area contributed by atoms with Crippen LogP contribution >= 0.6 is 11.6 Å². The minimum absolute atomic E-state index is 0.128. The Morgan fingerprint density at radius 3 is 2.53 bits per heavy atom. The number of halogens is 1. The molecule has 38 heavy (non-hydrogen) atoms. The van der Waals surface area contributed by atoms with Gasteiger partial charge in [0.05, 0.1) is 39.7 Å². The number of pyridine rings is 1. The third kappa shape index (κ3) is 5.45. The number of aromatic nitrogens is 1. The molecule has 0 bridgehead atoms. The molecule has 4 rings (SSSR count). The number of non-ortho nitro benzene ring substituents is 1. The van der Waals surface area contributed by atoms with Gasteiger partial charge in [-0.15, -0.1) is 0 Å². The van der Waals surface area contributed by atoms with Crippen LogP contribution in [-0.4, -0.2) is 54.1 Å². The Hall–Kier alpha value is -4.44. The van der Waals surface area contributed by atoms with Crippen LogP contribution in [0.2, 0.25) is 5.02 Å². The average molecular weight is 537 g/mol. The SMILES string of the molecule is COc1cc([N+](=O)[O-])ccc1COC(=O)N(C)CCNC(=O)c1cccc2c(Cl)c3cccc(C)c3nc12. The van der Waals surface area contributed by atoms with Gasteiger partial charge < -0.3 is 19.7 Å². The lowest BCUT2D eigenvalue weighted by Crippen LogP contribution is -2.36. The highest BCUT2D eigenvalue weighted by atomic mass is 35.5. The van der Waals surface area contributed by atoms with Crippen LogP contribution in [0.15, 0.2) is 54.6 Å².